The first-order valence-electron chi connectivity index (χ1n) is 8.36. The molecular formula is C20H17ClFN3O3. The number of halogens is 2. The zero-order valence-corrected chi connectivity index (χ0v) is 15.4. The highest BCUT2D eigenvalue weighted by Crippen LogP contribution is 2.18. The van der Waals surface area contributed by atoms with E-state index in [0.717, 1.165) is 10.2 Å². The van der Waals surface area contributed by atoms with Crippen LogP contribution in [0.1, 0.15) is 21.6 Å². The van der Waals surface area contributed by atoms with Crippen LogP contribution in [0.5, 0.6) is 5.75 Å². The zero-order chi connectivity index (χ0) is 20.1. The van der Waals surface area contributed by atoms with Gasteiger partial charge in [-0.3, -0.25) is 14.3 Å². The van der Waals surface area contributed by atoms with Crippen LogP contribution >= 0.6 is 11.6 Å². The summed E-state index contributed by atoms with van der Waals surface area (Å²) >= 11 is 5.74. The Hall–Kier alpha value is -3.32. The number of hydrogen-bond acceptors (Lipinski definition) is 4. The molecule has 0 bridgehead atoms. The van der Waals surface area contributed by atoms with Crippen LogP contribution in [-0.4, -0.2) is 10.6 Å². The van der Waals surface area contributed by atoms with Gasteiger partial charge in [-0.2, -0.15) is 0 Å². The first-order valence-corrected chi connectivity index (χ1v) is 8.73. The number of amides is 1. The van der Waals surface area contributed by atoms with Crippen molar-refractivity contribution in [3.63, 3.8) is 0 Å². The van der Waals surface area contributed by atoms with E-state index in [0.29, 0.717) is 0 Å². The predicted octanol–water partition coefficient (Wildman–Crippen LogP) is 2.86. The van der Waals surface area contributed by atoms with Crippen molar-refractivity contribution in [2.24, 2.45) is 0 Å². The third kappa shape index (κ3) is 4.32. The molecule has 144 valence electrons. The second kappa shape index (κ2) is 8.58. The Bertz CT molecular complexity index is 1050. The highest BCUT2D eigenvalue weighted by Gasteiger charge is 2.20. The van der Waals surface area contributed by atoms with E-state index in [2.05, 4.69) is 5.32 Å². The maximum Gasteiger partial charge on any atom is 0.274 e. The molecule has 2 aromatic carbocycles. The summed E-state index contributed by atoms with van der Waals surface area (Å²) in [7, 11) is 0. The number of aromatic nitrogens is 1. The number of rotatable bonds is 6. The van der Waals surface area contributed by atoms with Crippen LogP contribution in [0.25, 0.3) is 0 Å². The number of benzene rings is 2. The smallest absolute Gasteiger partial charge is 0.274 e. The van der Waals surface area contributed by atoms with Crippen molar-refractivity contribution in [2.45, 2.75) is 13.2 Å². The highest BCUT2D eigenvalue weighted by molar-refractivity contribution is 6.30. The SMILES string of the molecule is Nn1ccc(=O)c(OCc2ccccc2)c1C(=O)NCc1cccc(Cl)c1F. The largest absolute Gasteiger partial charge is 0.482 e. The van der Waals surface area contributed by atoms with Gasteiger partial charge in [0.2, 0.25) is 5.43 Å². The minimum absolute atomic E-state index is 0.0472. The van der Waals surface area contributed by atoms with E-state index < -0.39 is 17.2 Å². The fraction of sp³-hybridized carbons (Fsp3) is 0.100. The van der Waals surface area contributed by atoms with Gasteiger partial charge in [-0.05, 0) is 11.6 Å². The Kier molecular flexibility index (Phi) is 5.96. The van der Waals surface area contributed by atoms with E-state index in [4.69, 9.17) is 22.2 Å². The fourth-order valence-corrected chi connectivity index (χ4v) is 2.76. The average molecular weight is 402 g/mol. The first kappa shape index (κ1) is 19.4. The lowest BCUT2D eigenvalue weighted by Crippen LogP contribution is -2.32. The van der Waals surface area contributed by atoms with E-state index in [1.165, 1.54) is 24.4 Å². The van der Waals surface area contributed by atoms with E-state index in [1.807, 2.05) is 30.3 Å². The van der Waals surface area contributed by atoms with Crippen LogP contribution < -0.4 is 21.3 Å². The molecule has 0 saturated carbocycles. The van der Waals surface area contributed by atoms with Gasteiger partial charge >= 0.3 is 0 Å². The predicted molar refractivity (Wildman–Crippen MR) is 104 cm³/mol. The number of hydrogen-bond donors (Lipinski definition) is 2. The second-order valence-electron chi connectivity index (χ2n) is 5.93. The summed E-state index contributed by atoms with van der Waals surface area (Å²) in [5.41, 5.74) is 0.374. The molecular weight excluding hydrogens is 385 g/mol. The van der Waals surface area contributed by atoms with Gasteiger partial charge in [0, 0.05) is 24.4 Å². The molecule has 1 amide bonds. The van der Waals surface area contributed by atoms with Crippen LogP contribution in [0, 0.1) is 5.82 Å². The Labute approximate surface area is 165 Å². The Morgan fingerprint density at radius 3 is 2.64 bits per heavy atom. The molecule has 8 heteroatoms. The molecule has 6 nitrogen and oxygen atoms in total. The average Bonchev–Trinajstić information content (AvgIpc) is 2.70. The zero-order valence-electron chi connectivity index (χ0n) is 14.7. The van der Waals surface area contributed by atoms with E-state index in [1.54, 1.807) is 6.07 Å². The van der Waals surface area contributed by atoms with Crippen LogP contribution in [0.4, 0.5) is 4.39 Å². The molecule has 0 atom stereocenters. The molecule has 0 unspecified atom stereocenters. The molecule has 1 heterocycles. The van der Waals surface area contributed by atoms with Crippen molar-refractivity contribution in [1.29, 1.82) is 0 Å². The number of carbonyl (C=O) groups is 1. The van der Waals surface area contributed by atoms with Gasteiger partial charge in [0.1, 0.15) is 12.4 Å². The maximum atomic E-state index is 14.0. The molecule has 28 heavy (non-hydrogen) atoms. The van der Waals surface area contributed by atoms with Crippen molar-refractivity contribution >= 4 is 17.5 Å². The molecule has 0 saturated heterocycles. The standard InChI is InChI=1S/C20H17ClFN3O3/c21-15-8-4-7-14(17(15)22)11-24-20(27)18-19(16(26)9-10-25(18)23)28-12-13-5-2-1-3-6-13/h1-10H,11-12,23H2,(H,24,27). The van der Waals surface area contributed by atoms with Crippen molar-refractivity contribution in [3.8, 4) is 5.75 Å². The van der Waals surface area contributed by atoms with E-state index in [9.17, 15) is 14.0 Å². The first-order chi connectivity index (χ1) is 13.5. The molecule has 0 aliphatic rings. The van der Waals surface area contributed by atoms with Crippen LogP contribution in [0.15, 0.2) is 65.6 Å². The highest BCUT2D eigenvalue weighted by atomic mass is 35.5. The van der Waals surface area contributed by atoms with E-state index >= 15 is 0 Å². The van der Waals surface area contributed by atoms with Crippen LogP contribution in [0.2, 0.25) is 5.02 Å². The maximum absolute atomic E-state index is 14.0. The lowest BCUT2D eigenvalue weighted by molar-refractivity contribution is 0.0936. The molecule has 0 aliphatic heterocycles. The van der Waals surface area contributed by atoms with Crippen molar-refractivity contribution in [2.75, 3.05) is 5.84 Å². The second-order valence-corrected chi connectivity index (χ2v) is 6.34. The van der Waals surface area contributed by atoms with Gasteiger partial charge < -0.3 is 15.9 Å². The summed E-state index contributed by atoms with van der Waals surface area (Å²) in [4.78, 5) is 24.9. The molecule has 3 rings (SSSR count). The number of carbonyl (C=O) groups excluding carboxylic acids is 1. The lowest BCUT2D eigenvalue weighted by atomic mass is 10.2. The van der Waals surface area contributed by atoms with Gasteiger partial charge in [0.15, 0.2) is 11.4 Å². The Balaban J connectivity index is 1.82. The van der Waals surface area contributed by atoms with Gasteiger partial charge in [-0.25, -0.2) is 4.39 Å². The molecule has 0 fully saturated rings. The summed E-state index contributed by atoms with van der Waals surface area (Å²) in [5, 5.41) is 2.49. The fourth-order valence-electron chi connectivity index (χ4n) is 2.57. The molecule has 0 spiro atoms. The molecule has 0 radical (unpaired) electrons. The normalized spacial score (nSPS) is 10.5. The van der Waals surface area contributed by atoms with Crippen molar-refractivity contribution in [1.82, 2.24) is 9.99 Å². The minimum atomic E-state index is -0.678. The lowest BCUT2D eigenvalue weighted by Gasteiger charge is -2.14. The number of nitrogen functional groups attached to an aromatic ring is 1. The summed E-state index contributed by atoms with van der Waals surface area (Å²) in [5.74, 6) is 4.34. The minimum Gasteiger partial charge on any atom is -0.482 e. The molecule has 3 aromatic rings. The summed E-state index contributed by atoms with van der Waals surface area (Å²) in [6, 6.07) is 14.8. The van der Waals surface area contributed by atoms with Crippen LogP contribution in [0.3, 0.4) is 0 Å². The quantitative estimate of drug-likeness (QED) is 0.622. The van der Waals surface area contributed by atoms with Gasteiger partial charge in [0.25, 0.3) is 5.91 Å². The Morgan fingerprint density at radius 1 is 1.14 bits per heavy atom. The summed E-state index contributed by atoms with van der Waals surface area (Å²) in [6.45, 7) is -0.0459. The van der Waals surface area contributed by atoms with Gasteiger partial charge in [-0.15, -0.1) is 0 Å². The molecule has 0 aliphatic carbocycles. The molecule has 1 aromatic heterocycles. The van der Waals surface area contributed by atoms with Crippen molar-refractivity contribution < 1.29 is 13.9 Å². The van der Waals surface area contributed by atoms with Crippen molar-refractivity contribution in [3.05, 3.63) is 98.7 Å². The van der Waals surface area contributed by atoms with Gasteiger partial charge in [-0.1, -0.05) is 54.1 Å². The monoisotopic (exact) mass is 401 g/mol. The van der Waals surface area contributed by atoms with Gasteiger partial charge in [0.05, 0.1) is 5.02 Å². The molecule has 3 N–H and O–H groups in total. The Morgan fingerprint density at radius 2 is 1.89 bits per heavy atom. The number of ether oxygens (including phenoxy) is 1. The third-order valence-electron chi connectivity index (χ3n) is 4.00. The summed E-state index contributed by atoms with van der Waals surface area (Å²) < 4.78 is 20.6. The van der Waals surface area contributed by atoms with E-state index in [-0.39, 0.29) is 35.2 Å². The van der Waals surface area contributed by atoms with Crippen LogP contribution in [-0.2, 0) is 13.2 Å². The third-order valence-corrected chi connectivity index (χ3v) is 4.29. The number of nitrogens with one attached hydrogen (secondary N) is 1. The number of nitrogens with zero attached hydrogens (tertiary/aromatic N) is 1. The number of nitrogens with two attached hydrogens (primary N) is 1. The number of pyridine rings is 1. The topological polar surface area (TPSA) is 86.3 Å². The summed E-state index contributed by atoms with van der Waals surface area (Å²) in [6.07, 6.45) is 1.26.